The van der Waals surface area contributed by atoms with Crippen LogP contribution in [-0.4, -0.2) is 0 Å². The van der Waals surface area contributed by atoms with Crippen LogP contribution in [0.5, 0.6) is 0 Å². The van der Waals surface area contributed by atoms with Crippen molar-refractivity contribution in [1.82, 2.24) is 0 Å². The number of hydrogen-bond donors (Lipinski definition) is 0. The fraction of sp³-hybridized carbons (Fsp3) is 0.0175. The smallest absolute Gasteiger partial charge is 0.0713 e. The first-order valence-electron chi connectivity index (χ1n) is 20.5. The fourth-order valence-corrected chi connectivity index (χ4v) is 11.8. The summed E-state index contributed by atoms with van der Waals surface area (Å²) in [6.07, 6.45) is 0. The molecule has 0 N–H and O–H groups in total. The van der Waals surface area contributed by atoms with Crippen LogP contribution in [0.25, 0.3) is 63.0 Å². The second-order valence-corrected chi connectivity index (χ2v) is 17.8. The highest BCUT2D eigenvalue weighted by atomic mass is 32.1. The van der Waals surface area contributed by atoms with Crippen molar-refractivity contribution in [3.63, 3.8) is 0 Å². The molecule has 0 radical (unpaired) electrons. The predicted octanol–water partition coefficient (Wildman–Crippen LogP) is 16.4. The quantitative estimate of drug-likeness (QED) is 0.155. The van der Waals surface area contributed by atoms with Gasteiger partial charge < -0.3 is 4.90 Å². The molecule has 1 nitrogen and oxygen atoms in total. The summed E-state index contributed by atoms with van der Waals surface area (Å²) in [5.41, 5.74) is 14.3. The summed E-state index contributed by atoms with van der Waals surface area (Å²) in [6.45, 7) is 0. The molecule has 0 spiro atoms. The molecule has 0 atom stereocenters. The third-order valence-electron chi connectivity index (χ3n) is 12.4. The third-order valence-corrected chi connectivity index (χ3v) is 14.7. The van der Waals surface area contributed by atoms with E-state index in [0.717, 1.165) is 17.1 Å². The first-order chi connectivity index (χ1) is 29.7. The number of hydrogen-bond acceptors (Lipinski definition) is 3. The molecule has 0 fully saturated rings. The van der Waals surface area contributed by atoms with Gasteiger partial charge in [-0.15, -0.1) is 22.7 Å². The van der Waals surface area contributed by atoms with E-state index in [-0.39, 0.29) is 0 Å². The summed E-state index contributed by atoms with van der Waals surface area (Å²) >= 11 is 3.71. The van der Waals surface area contributed by atoms with Gasteiger partial charge >= 0.3 is 0 Å². The molecule has 0 unspecified atom stereocenters. The van der Waals surface area contributed by atoms with Crippen LogP contribution in [0.15, 0.2) is 224 Å². The topological polar surface area (TPSA) is 3.24 Å². The van der Waals surface area contributed by atoms with Crippen LogP contribution < -0.4 is 4.90 Å². The molecular weight excluding hydrogens is 763 g/mol. The first-order valence-corrected chi connectivity index (χ1v) is 22.1. The number of nitrogens with zero attached hydrogens (tertiary/aromatic N) is 1. The number of anilines is 3. The van der Waals surface area contributed by atoms with E-state index in [1.54, 1.807) is 0 Å². The molecule has 11 aromatic rings. The maximum Gasteiger partial charge on any atom is 0.0713 e. The summed E-state index contributed by atoms with van der Waals surface area (Å²) < 4.78 is 3.95. The largest absolute Gasteiger partial charge is 0.310 e. The van der Waals surface area contributed by atoms with Crippen LogP contribution in [0, 0.1) is 0 Å². The van der Waals surface area contributed by atoms with Gasteiger partial charge in [0.05, 0.1) is 5.41 Å². The molecule has 2 aromatic heterocycles. The van der Waals surface area contributed by atoms with Gasteiger partial charge in [-0.2, -0.15) is 0 Å². The van der Waals surface area contributed by atoms with E-state index >= 15 is 0 Å². The average Bonchev–Trinajstić information content (AvgIpc) is 4.01. The monoisotopic (exact) mass is 799 g/mol. The van der Waals surface area contributed by atoms with Crippen molar-refractivity contribution in [2.24, 2.45) is 0 Å². The first kappa shape index (κ1) is 35.0. The molecule has 12 rings (SSSR count). The van der Waals surface area contributed by atoms with E-state index in [1.807, 2.05) is 22.7 Å². The van der Waals surface area contributed by atoms with Crippen LogP contribution in [0.1, 0.15) is 22.3 Å². The Balaban J connectivity index is 1.00. The molecule has 2 heterocycles. The van der Waals surface area contributed by atoms with E-state index in [2.05, 4.69) is 229 Å². The Morgan fingerprint density at radius 2 is 0.917 bits per heavy atom. The zero-order valence-electron chi connectivity index (χ0n) is 32.6. The average molecular weight is 800 g/mol. The van der Waals surface area contributed by atoms with Crippen molar-refractivity contribution in [3.8, 4) is 32.7 Å². The van der Waals surface area contributed by atoms with Gasteiger partial charge in [0.15, 0.2) is 0 Å². The third kappa shape index (κ3) is 5.51. The maximum absolute atomic E-state index is 2.41. The lowest BCUT2D eigenvalue weighted by Gasteiger charge is -2.34. The van der Waals surface area contributed by atoms with E-state index < -0.39 is 5.41 Å². The minimum atomic E-state index is -0.450. The van der Waals surface area contributed by atoms with E-state index in [1.165, 1.54) is 85.2 Å². The number of rotatable bonds is 7. The Morgan fingerprint density at radius 1 is 0.333 bits per heavy atom. The van der Waals surface area contributed by atoms with Gasteiger partial charge in [0, 0.05) is 46.8 Å². The van der Waals surface area contributed by atoms with Crippen LogP contribution in [0.2, 0.25) is 0 Å². The van der Waals surface area contributed by atoms with Gasteiger partial charge in [-0.05, 0) is 122 Å². The van der Waals surface area contributed by atoms with Crippen LogP contribution in [-0.2, 0) is 5.41 Å². The van der Waals surface area contributed by atoms with Gasteiger partial charge in [0.2, 0.25) is 0 Å². The second kappa shape index (κ2) is 14.1. The Labute approximate surface area is 357 Å². The van der Waals surface area contributed by atoms with Crippen molar-refractivity contribution in [3.05, 3.63) is 247 Å². The van der Waals surface area contributed by atoms with Crippen molar-refractivity contribution < 1.29 is 0 Å². The molecule has 0 aliphatic heterocycles. The number of thiophene rings is 2. The number of benzene rings is 9. The Hall–Kier alpha value is -7.04. The molecule has 9 aromatic carbocycles. The van der Waals surface area contributed by atoms with Crippen molar-refractivity contribution in [2.75, 3.05) is 4.90 Å². The zero-order chi connectivity index (χ0) is 39.6. The summed E-state index contributed by atoms with van der Waals surface area (Å²) in [4.78, 5) is 3.69. The molecule has 0 saturated heterocycles. The SMILES string of the molecule is c1ccc(C2(c3ccc(N(c4ccc(-c5cc6ccccc6s5)cc4)c4cccc(-c5ccc6sc7ccccc7c6c5)c4)cc3)c3ccccc3-c3ccccc32)cc1. The van der Waals surface area contributed by atoms with Crippen LogP contribution >= 0.6 is 22.7 Å². The molecule has 0 amide bonds. The molecule has 282 valence electrons. The van der Waals surface area contributed by atoms with Gasteiger partial charge in [0.1, 0.15) is 0 Å². The van der Waals surface area contributed by atoms with E-state index in [9.17, 15) is 0 Å². The van der Waals surface area contributed by atoms with Gasteiger partial charge in [-0.3, -0.25) is 0 Å². The van der Waals surface area contributed by atoms with Gasteiger partial charge in [-0.1, -0.05) is 158 Å². The summed E-state index contributed by atoms with van der Waals surface area (Å²) in [5.74, 6) is 0. The Morgan fingerprint density at radius 3 is 1.67 bits per heavy atom. The highest BCUT2D eigenvalue weighted by molar-refractivity contribution is 7.25. The van der Waals surface area contributed by atoms with Crippen LogP contribution in [0.4, 0.5) is 17.1 Å². The lowest BCUT2D eigenvalue weighted by Crippen LogP contribution is -2.28. The molecule has 0 bridgehead atoms. The molecule has 1 aliphatic carbocycles. The second-order valence-electron chi connectivity index (χ2n) is 15.6. The van der Waals surface area contributed by atoms with Crippen molar-refractivity contribution >= 4 is 70.0 Å². The van der Waals surface area contributed by atoms with Crippen molar-refractivity contribution in [1.29, 1.82) is 0 Å². The highest BCUT2D eigenvalue weighted by Crippen LogP contribution is 2.56. The van der Waals surface area contributed by atoms with Crippen LogP contribution in [0.3, 0.4) is 0 Å². The predicted molar refractivity (Wildman–Crippen MR) is 258 cm³/mol. The minimum Gasteiger partial charge on any atom is -0.310 e. The molecular formula is C57H37NS2. The Bertz CT molecular complexity index is 3290. The summed E-state index contributed by atoms with van der Waals surface area (Å²) in [7, 11) is 0. The minimum absolute atomic E-state index is 0.450. The van der Waals surface area contributed by atoms with E-state index in [0.29, 0.717) is 0 Å². The maximum atomic E-state index is 2.41. The normalized spacial score (nSPS) is 12.8. The molecule has 60 heavy (non-hydrogen) atoms. The summed E-state index contributed by atoms with van der Waals surface area (Å²) in [5, 5.41) is 3.91. The Kier molecular flexibility index (Phi) is 8.19. The fourth-order valence-electron chi connectivity index (χ4n) is 9.65. The molecule has 1 aliphatic rings. The lowest BCUT2D eigenvalue weighted by atomic mass is 9.68. The highest BCUT2D eigenvalue weighted by Gasteiger charge is 2.45. The lowest BCUT2D eigenvalue weighted by molar-refractivity contribution is 0.768. The summed E-state index contributed by atoms with van der Waals surface area (Å²) in [6, 6.07) is 83.1. The van der Waals surface area contributed by atoms with Gasteiger partial charge in [0.25, 0.3) is 0 Å². The van der Waals surface area contributed by atoms with Gasteiger partial charge in [-0.25, -0.2) is 0 Å². The van der Waals surface area contributed by atoms with E-state index in [4.69, 9.17) is 0 Å². The zero-order valence-corrected chi connectivity index (χ0v) is 34.3. The molecule has 3 heteroatoms. The standard InChI is InChI=1S/C57H37NS2/c1-2-15-42(16-3-1)57(51-21-8-5-18-47(51)48-19-6-9-22-52(48)57)43-28-32-45(33-29-43)58(44-30-25-38(26-31-44)56-37-41-13-4-10-23-53(41)59-56)46-17-12-14-39(35-46)40-27-34-55-50(36-40)49-20-7-11-24-54(49)60-55/h1-37H. The number of fused-ring (bicyclic) bond motifs is 7. The van der Waals surface area contributed by atoms with Crippen molar-refractivity contribution in [2.45, 2.75) is 5.41 Å². The molecule has 0 saturated carbocycles.